The molecule has 0 aromatic heterocycles. The lowest BCUT2D eigenvalue weighted by atomic mass is 9.80. The molecule has 16 aromatic carbocycles. The summed E-state index contributed by atoms with van der Waals surface area (Å²) in [7, 11) is 0. The van der Waals surface area contributed by atoms with Crippen molar-refractivity contribution in [2.24, 2.45) is 0 Å². The maximum absolute atomic E-state index is 2.52. The van der Waals surface area contributed by atoms with Crippen molar-refractivity contribution < 1.29 is 0 Å². The molecule has 0 heteroatoms. The first-order valence-corrected chi connectivity index (χ1v) is 27.2. The second kappa shape index (κ2) is 17.7. The first kappa shape index (κ1) is 44.2. The first-order valence-electron chi connectivity index (χ1n) is 27.2. The maximum atomic E-state index is 2.52. The average molecular weight is 985 g/mol. The van der Waals surface area contributed by atoms with E-state index >= 15 is 0 Å². The summed E-state index contributed by atoms with van der Waals surface area (Å²) in [5, 5.41) is 22.4. The van der Waals surface area contributed by atoms with Crippen LogP contribution in [0.3, 0.4) is 0 Å². The summed E-state index contributed by atoms with van der Waals surface area (Å²) in [4.78, 5) is 0. The Kier molecular flexibility index (Phi) is 10.0. The molecule has 0 N–H and O–H groups in total. The van der Waals surface area contributed by atoms with Gasteiger partial charge < -0.3 is 0 Å². The Hall–Kier alpha value is -10.1. The molecule has 0 radical (unpaired) electrons. The van der Waals surface area contributed by atoms with Gasteiger partial charge in [0.05, 0.1) is 0 Å². The van der Waals surface area contributed by atoms with E-state index in [1.54, 1.807) is 0 Å². The molecule has 16 aromatic rings. The standard InChI is InChI=1S/C78H48/c1-3-23-51-45-53(43-41-49(51)21-1)56-25-5-9-29-60(56)75-64-33-13-17-37-68(64)77(69-38-18-14-34-65(69)75)72-47-55-48-73(59-28-8-12-32-63(59)74(55)62-31-11-7-27-58(62)72)78-70-39-19-15-35-66(70)76(67-36-16-20-40-71(67)78)61-30-10-6-26-57(61)54-44-42-50-22-2-4-24-52(50)46-54/h1-48H. The lowest BCUT2D eigenvalue weighted by molar-refractivity contribution is 1.62. The van der Waals surface area contributed by atoms with E-state index in [4.69, 9.17) is 0 Å². The number of fused-ring (bicyclic) bond motifs is 11. The van der Waals surface area contributed by atoms with Crippen molar-refractivity contribution in [3.63, 3.8) is 0 Å². The van der Waals surface area contributed by atoms with Crippen LogP contribution in [0.4, 0.5) is 0 Å². The van der Waals surface area contributed by atoms with Crippen LogP contribution in [0.2, 0.25) is 0 Å². The molecule has 0 atom stereocenters. The minimum atomic E-state index is 1.21. The molecule has 0 fully saturated rings. The Morgan fingerprint density at radius 3 is 0.744 bits per heavy atom. The van der Waals surface area contributed by atoms with Crippen LogP contribution < -0.4 is 0 Å². The van der Waals surface area contributed by atoms with Gasteiger partial charge in [-0.1, -0.05) is 267 Å². The molecule has 78 heavy (non-hydrogen) atoms. The van der Waals surface area contributed by atoms with E-state index in [1.165, 1.54) is 164 Å². The lowest BCUT2D eigenvalue weighted by Gasteiger charge is -2.22. The van der Waals surface area contributed by atoms with Gasteiger partial charge in [-0.15, -0.1) is 0 Å². The van der Waals surface area contributed by atoms with Crippen molar-refractivity contribution in [1.29, 1.82) is 0 Å². The van der Waals surface area contributed by atoms with Crippen LogP contribution in [-0.4, -0.2) is 0 Å². The Labute approximate surface area is 452 Å². The molecule has 0 bridgehead atoms. The molecule has 0 unspecified atom stereocenters. The molecule has 0 nitrogen and oxygen atoms in total. The summed E-state index contributed by atoms with van der Waals surface area (Å²) in [6, 6.07) is 109. The molecule has 360 valence electrons. The molecule has 16 rings (SSSR count). The summed E-state index contributed by atoms with van der Waals surface area (Å²) >= 11 is 0. The molecule has 0 aliphatic heterocycles. The van der Waals surface area contributed by atoms with E-state index in [9.17, 15) is 0 Å². The van der Waals surface area contributed by atoms with Crippen LogP contribution in [-0.2, 0) is 0 Å². The molecular weight excluding hydrogens is 937 g/mol. The summed E-state index contributed by atoms with van der Waals surface area (Å²) in [6.07, 6.45) is 0. The van der Waals surface area contributed by atoms with Crippen LogP contribution in [0.5, 0.6) is 0 Å². The molecule has 0 amide bonds. The second-order valence-corrected chi connectivity index (χ2v) is 20.9. The summed E-state index contributed by atoms with van der Waals surface area (Å²) in [6.45, 7) is 0. The van der Waals surface area contributed by atoms with Gasteiger partial charge in [0.15, 0.2) is 0 Å². The molecule has 0 aliphatic carbocycles. The third-order valence-electron chi connectivity index (χ3n) is 16.8. The van der Waals surface area contributed by atoms with Gasteiger partial charge in [0.1, 0.15) is 0 Å². The van der Waals surface area contributed by atoms with E-state index in [0.717, 1.165) is 0 Å². The Morgan fingerprint density at radius 2 is 0.397 bits per heavy atom. The first-order chi connectivity index (χ1) is 38.7. The topological polar surface area (TPSA) is 0 Å². The maximum Gasteiger partial charge on any atom is -0.00199 e. The zero-order valence-electron chi connectivity index (χ0n) is 42.7. The van der Waals surface area contributed by atoms with Crippen molar-refractivity contribution in [3.8, 4) is 66.8 Å². The minimum Gasteiger partial charge on any atom is -0.0616 e. The van der Waals surface area contributed by atoms with Gasteiger partial charge in [-0.05, 0) is 188 Å². The summed E-state index contributed by atoms with van der Waals surface area (Å²) in [5.41, 5.74) is 14.8. The normalized spacial score (nSPS) is 11.8. The highest BCUT2D eigenvalue weighted by molar-refractivity contribution is 6.32. The van der Waals surface area contributed by atoms with Crippen molar-refractivity contribution in [2.75, 3.05) is 0 Å². The van der Waals surface area contributed by atoms with E-state index < -0.39 is 0 Å². The van der Waals surface area contributed by atoms with Crippen LogP contribution in [0, 0.1) is 0 Å². The highest BCUT2D eigenvalue weighted by atomic mass is 14.3. The lowest BCUT2D eigenvalue weighted by Crippen LogP contribution is -1.95. The highest BCUT2D eigenvalue weighted by Crippen LogP contribution is 2.52. The summed E-state index contributed by atoms with van der Waals surface area (Å²) in [5.74, 6) is 0. The molecule has 0 spiro atoms. The van der Waals surface area contributed by atoms with Crippen molar-refractivity contribution in [1.82, 2.24) is 0 Å². The average Bonchev–Trinajstić information content (AvgIpc) is 3.65. The third-order valence-corrected chi connectivity index (χ3v) is 16.8. The van der Waals surface area contributed by atoms with Crippen LogP contribution in [0.15, 0.2) is 291 Å². The van der Waals surface area contributed by atoms with Crippen LogP contribution in [0.1, 0.15) is 0 Å². The highest BCUT2D eigenvalue weighted by Gasteiger charge is 2.24. The number of hydrogen-bond acceptors (Lipinski definition) is 0. The van der Waals surface area contributed by atoms with Crippen molar-refractivity contribution in [2.45, 2.75) is 0 Å². The predicted molar refractivity (Wildman–Crippen MR) is 337 cm³/mol. The van der Waals surface area contributed by atoms with Gasteiger partial charge in [0.25, 0.3) is 0 Å². The summed E-state index contributed by atoms with van der Waals surface area (Å²) < 4.78 is 0. The van der Waals surface area contributed by atoms with Crippen molar-refractivity contribution >= 4 is 97.0 Å². The fourth-order valence-corrected chi connectivity index (χ4v) is 13.4. The monoisotopic (exact) mass is 984 g/mol. The largest absolute Gasteiger partial charge is 0.0616 e. The van der Waals surface area contributed by atoms with Gasteiger partial charge in [-0.2, -0.15) is 0 Å². The van der Waals surface area contributed by atoms with Gasteiger partial charge in [-0.25, -0.2) is 0 Å². The van der Waals surface area contributed by atoms with E-state index in [1.807, 2.05) is 0 Å². The van der Waals surface area contributed by atoms with Crippen molar-refractivity contribution in [3.05, 3.63) is 291 Å². The Bertz CT molecular complexity index is 4720. The van der Waals surface area contributed by atoms with Crippen LogP contribution >= 0.6 is 0 Å². The molecule has 0 aliphatic rings. The number of hydrogen-bond donors (Lipinski definition) is 0. The van der Waals surface area contributed by atoms with Gasteiger partial charge >= 0.3 is 0 Å². The zero-order chi connectivity index (χ0) is 51.3. The SMILES string of the molecule is c1ccc(-c2c3ccccc3c(-c3cc4cc(-c5c6ccccc6c(-c6ccccc6-c6ccc7ccccc7c6)c6ccccc56)c5ccccc5c4c4ccccc34)c3ccccc23)c(-c2ccc3ccccc3c2)c1. The van der Waals surface area contributed by atoms with E-state index in [2.05, 4.69) is 291 Å². The van der Waals surface area contributed by atoms with Gasteiger partial charge in [0, 0.05) is 0 Å². The van der Waals surface area contributed by atoms with E-state index in [0.29, 0.717) is 0 Å². The molecule has 0 saturated carbocycles. The minimum absolute atomic E-state index is 1.21. The predicted octanol–water partition coefficient (Wildman–Crippen LogP) is 22.1. The molecule has 0 saturated heterocycles. The zero-order valence-corrected chi connectivity index (χ0v) is 42.7. The van der Waals surface area contributed by atoms with Crippen LogP contribution in [0.25, 0.3) is 164 Å². The third kappa shape index (κ3) is 6.80. The molecule has 0 heterocycles. The quantitative estimate of drug-likeness (QED) is 0.115. The smallest absolute Gasteiger partial charge is 0.00199 e. The van der Waals surface area contributed by atoms with Gasteiger partial charge in [0.2, 0.25) is 0 Å². The Balaban J connectivity index is 0.966. The second-order valence-electron chi connectivity index (χ2n) is 20.9. The fourth-order valence-electron chi connectivity index (χ4n) is 13.4. The fraction of sp³-hybridized carbons (Fsp3) is 0. The molecular formula is C78H48. The van der Waals surface area contributed by atoms with E-state index in [-0.39, 0.29) is 0 Å². The van der Waals surface area contributed by atoms with Gasteiger partial charge in [-0.3, -0.25) is 0 Å². The Morgan fingerprint density at radius 1 is 0.141 bits per heavy atom. The number of benzene rings is 16. The number of rotatable bonds is 6.